The summed E-state index contributed by atoms with van der Waals surface area (Å²) in [7, 11) is 0. The highest BCUT2D eigenvalue weighted by Gasteiger charge is 2.34. The van der Waals surface area contributed by atoms with Crippen LogP contribution in [0.15, 0.2) is 24.5 Å². The van der Waals surface area contributed by atoms with Gasteiger partial charge in [-0.15, -0.1) is 12.4 Å². The molecule has 0 bridgehead atoms. The lowest BCUT2D eigenvalue weighted by atomic mass is 9.71. The van der Waals surface area contributed by atoms with Crippen molar-refractivity contribution in [1.29, 1.82) is 0 Å². The molecule has 0 radical (unpaired) electrons. The van der Waals surface area contributed by atoms with Crippen molar-refractivity contribution in [2.24, 2.45) is 11.1 Å². The van der Waals surface area contributed by atoms with Crippen molar-refractivity contribution in [3.8, 4) is 0 Å². The maximum atomic E-state index is 12.7. The van der Waals surface area contributed by atoms with Gasteiger partial charge in [0, 0.05) is 31.9 Å². The molecule has 1 aromatic rings. The summed E-state index contributed by atoms with van der Waals surface area (Å²) < 4.78 is 0. The van der Waals surface area contributed by atoms with Crippen LogP contribution in [0.4, 0.5) is 0 Å². The van der Waals surface area contributed by atoms with Crippen LogP contribution in [-0.4, -0.2) is 28.9 Å². The van der Waals surface area contributed by atoms with Gasteiger partial charge in [0.25, 0.3) is 0 Å². The first kappa shape index (κ1) is 18.9. The van der Waals surface area contributed by atoms with Gasteiger partial charge >= 0.3 is 0 Å². The molecule has 124 valence electrons. The third kappa shape index (κ3) is 4.96. The van der Waals surface area contributed by atoms with Crippen LogP contribution in [0.2, 0.25) is 0 Å². The normalized spacial score (nSPS) is 16.6. The highest BCUT2D eigenvalue weighted by molar-refractivity contribution is 5.85. The number of rotatable bonds is 6. The van der Waals surface area contributed by atoms with E-state index in [4.69, 9.17) is 5.73 Å². The molecule has 0 unspecified atom stereocenters. The summed E-state index contributed by atoms with van der Waals surface area (Å²) in [5, 5.41) is 0. The molecule has 5 heteroatoms. The lowest BCUT2D eigenvalue weighted by Crippen LogP contribution is -2.40. The van der Waals surface area contributed by atoms with E-state index in [2.05, 4.69) is 4.98 Å². The minimum Gasteiger partial charge on any atom is -0.339 e. The molecule has 1 aliphatic rings. The number of aromatic nitrogens is 1. The van der Waals surface area contributed by atoms with Crippen LogP contribution in [0.1, 0.15) is 51.0 Å². The van der Waals surface area contributed by atoms with Gasteiger partial charge in [-0.3, -0.25) is 9.78 Å². The summed E-state index contributed by atoms with van der Waals surface area (Å²) in [6.45, 7) is 4.07. The molecule has 0 spiro atoms. The lowest BCUT2D eigenvalue weighted by molar-refractivity contribution is -0.134. The molecule has 0 aliphatic heterocycles. The first-order chi connectivity index (χ1) is 10.2. The summed E-state index contributed by atoms with van der Waals surface area (Å²) >= 11 is 0. The number of nitrogens with zero attached hydrogens (tertiary/aromatic N) is 2. The van der Waals surface area contributed by atoms with E-state index in [1.54, 1.807) is 12.4 Å². The summed E-state index contributed by atoms with van der Waals surface area (Å²) in [6, 6.07) is 3.94. The molecule has 4 nitrogen and oxygen atoms in total. The molecule has 0 aromatic carbocycles. The molecule has 0 saturated heterocycles. The maximum absolute atomic E-state index is 12.7. The third-order valence-corrected chi connectivity index (χ3v) is 4.73. The average Bonchev–Trinajstić information content (AvgIpc) is 2.54. The van der Waals surface area contributed by atoms with Gasteiger partial charge < -0.3 is 10.6 Å². The average molecular weight is 326 g/mol. The van der Waals surface area contributed by atoms with E-state index < -0.39 is 0 Å². The van der Waals surface area contributed by atoms with Gasteiger partial charge in [-0.25, -0.2) is 0 Å². The minimum atomic E-state index is 0. The van der Waals surface area contributed by atoms with Crippen LogP contribution >= 0.6 is 12.4 Å². The van der Waals surface area contributed by atoms with Crippen LogP contribution < -0.4 is 5.73 Å². The Labute approximate surface area is 139 Å². The van der Waals surface area contributed by atoms with Gasteiger partial charge in [0.2, 0.25) is 5.91 Å². The number of carbonyl (C=O) groups excluding carboxylic acids is 1. The van der Waals surface area contributed by atoms with E-state index in [1.807, 2.05) is 24.0 Å². The van der Waals surface area contributed by atoms with Crippen molar-refractivity contribution in [3.05, 3.63) is 30.1 Å². The van der Waals surface area contributed by atoms with Crippen molar-refractivity contribution in [3.63, 3.8) is 0 Å². The van der Waals surface area contributed by atoms with E-state index in [0.29, 0.717) is 19.5 Å². The predicted octanol–water partition coefficient (Wildman–Crippen LogP) is 3.15. The topological polar surface area (TPSA) is 59.2 Å². The highest BCUT2D eigenvalue weighted by Crippen LogP contribution is 2.38. The zero-order valence-corrected chi connectivity index (χ0v) is 14.3. The molecule has 0 atom stereocenters. The fourth-order valence-corrected chi connectivity index (χ4v) is 3.27. The second-order valence-electron chi connectivity index (χ2n) is 6.20. The van der Waals surface area contributed by atoms with Crippen molar-refractivity contribution in [1.82, 2.24) is 9.88 Å². The van der Waals surface area contributed by atoms with E-state index in [9.17, 15) is 4.79 Å². The van der Waals surface area contributed by atoms with E-state index in [0.717, 1.165) is 24.9 Å². The molecular weight excluding hydrogens is 298 g/mol. The molecular formula is C17H28ClN3O. The molecule has 1 fully saturated rings. The van der Waals surface area contributed by atoms with Crippen molar-refractivity contribution >= 4 is 18.3 Å². The van der Waals surface area contributed by atoms with E-state index in [-0.39, 0.29) is 23.7 Å². The van der Waals surface area contributed by atoms with Gasteiger partial charge in [0.05, 0.1) is 0 Å². The van der Waals surface area contributed by atoms with Gasteiger partial charge in [-0.1, -0.05) is 19.3 Å². The second-order valence-corrected chi connectivity index (χ2v) is 6.20. The standard InChI is InChI=1S/C17H27N3O.ClH/c1-2-20(13-15-6-10-19-11-7-15)16(21)12-17(14-18)8-4-3-5-9-17;/h6-7,10-11H,2-5,8-9,12-14,18H2,1H3;1H. The van der Waals surface area contributed by atoms with Crippen molar-refractivity contribution in [2.75, 3.05) is 13.1 Å². The number of amides is 1. The molecule has 2 rings (SSSR count). The van der Waals surface area contributed by atoms with Crippen molar-refractivity contribution < 1.29 is 4.79 Å². The Morgan fingerprint density at radius 2 is 1.91 bits per heavy atom. The Hall–Kier alpha value is -1.13. The smallest absolute Gasteiger partial charge is 0.223 e. The molecule has 1 amide bonds. The monoisotopic (exact) mass is 325 g/mol. The number of halogens is 1. The van der Waals surface area contributed by atoms with Gasteiger partial charge in [-0.05, 0) is 49.4 Å². The minimum absolute atomic E-state index is 0. The van der Waals surface area contributed by atoms with Crippen molar-refractivity contribution in [2.45, 2.75) is 52.0 Å². The fraction of sp³-hybridized carbons (Fsp3) is 0.647. The Kier molecular flexibility index (Phi) is 7.83. The first-order valence-corrected chi connectivity index (χ1v) is 8.06. The summed E-state index contributed by atoms with van der Waals surface area (Å²) in [5.41, 5.74) is 7.17. The SMILES string of the molecule is CCN(Cc1ccncc1)C(=O)CC1(CN)CCCCC1.Cl. The van der Waals surface area contributed by atoms with E-state index in [1.165, 1.54) is 19.3 Å². The van der Waals surface area contributed by atoms with Crippen LogP contribution in [-0.2, 0) is 11.3 Å². The Bertz CT molecular complexity index is 446. The van der Waals surface area contributed by atoms with Crippen LogP contribution in [0.25, 0.3) is 0 Å². The van der Waals surface area contributed by atoms with Gasteiger partial charge in [0.1, 0.15) is 0 Å². The summed E-state index contributed by atoms with van der Waals surface area (Å²) in [4.78, 5) is 18.6. The lowest BCUT2D eigenvalue weighted by Gasteiger charge is -2.37. The zero-order chi connectivity index (χ0) is 15.1. The quantitative estimate of drug-likeness (QED) is 0.874. The maximum Gasteiger partial charge on any atom is 0.223 e. The van der Waals surface area contributed by atoms with E-state index >= 15 is 0 Å². The highest BCUT2D eigenvalue weighted by atomic mass is 35.5. The first-order valence-electron chi connectivity index (χ1n) is 8.06. The van der Waals surface area contributed by atoms with Gasteiger partial charge in [-0.2, -0.15) is 0 Å². The summed E-state index contributed by atoms with van der Waals surface area (Å²) in [5.74, 6) is 0.238. The third-order valence-electron chi connectivity index (χ3n) is 4.73. The van der Waals surface area contributed by atoms with Crippen LogP contribution in [0.5, 0.6) is 0 Å². The molecule has 1 aromatic heterocycles. The van der Waals surface area contributed by atoms with Crippen LogP contribution in [0.3, 0.4) is 0 Å². The number of pyridine rings is 1. The number of hydrogen-bond donors (Lipinski definition) is 1. The molecule has 22 heavy (non-hydrogen) atoms. The summed E-state index contributed by atoms with van der Waals surface area (Å²) in [6.07, 6.45) is 10.0. The molecule has 2 N–H and O–H groups in total. The Balaban J connectivity index is 0.00000242. The largest absolute Gasteiger partial charge is 0.339 e. The molecule has 1 saturated carbocycles. The van der Waals surface area contributed by atoms with Gasteiger partial charge in [0.15, 0.2) is 0 Å². The molecule has 1 aliphatic carbocycles. The Morgan fingerprint density at radius 1 is 1.27 bits per heavy atom. The van der Waals surface area contributed by atoms with Crippen LogP contribution in [0, 0.1) is 5.41 Å². The number of hydrogen-bond acceptors (Lipinski definition) is 3. The fourth-order valence-electron chi connectivity index (χ4n) is 3.27. The second kappa shape index (κ2) is 9.11. The number of carbonyl (C=O) groups is 1. The zero-order valence-electron chi connectivity index (χ0n) is 13.5. The number of nitrogens with two attached hydrogens (primary N) is 1. The Morgan fingerprint density at radius 3 is 2.45 bits per heavy atom. The molecule has 1 heterocycles. The predicted molar refractivity (Wildman–Crippen MR) is 91.8 cm³/mol.